The van der Waals surface area contributed by atoms with Gasteiger partial charge in [-0.3, -0.25) is 0 Å². The second kappa shape index (κ2) is 12.5. The molecule has 0 amide bonds. The van der Waals surface area contributed by atoms with E-state index in [1.54, 1.807) is 36.4 Å². The van der Waals surface area contributed by atoms with Crippen molar-refractivity contribution in [3.8, 4) is 56.4 Å². The van der Waals surface area contributed by atoms with Crippen molar-refractivity contribution in [1.29, 1.82) is 0 Å². The van der Waals surface area contributed by atoms with E-state index in [0.29, 0.717) is 0 Å². The number of benzene rings is 6. The maximum Gasteiger partial charge on any atom is 0.175 e. The fourth-order valence-electron chi connectivity index (χ4n) is 5.42. The van der Waals surface area contributed by atoms with Gasteiger partial charge in [0, 0.05) is 11.1 Å². The Hall–Kier alpha value is -5.13. The predicted octanol–water partition coefficient (Wildman–Crippen LogP) is 10.1. The molecule has 0 fully saturated rings. The van der Waals surface area contributed by atoms with E-state index in [9.17, 15) is 15.3 Å². The molecule has 0 heterocycles. The number of phenolic OH excluding ortho intramolecular Hbond substituents is 3. The first-order valence-electron chi connectivity index (χ1n) is 14.8. The zero-order valence-electron chi connectivity index (χ0n) is 25.4. The van der Waals surface area contributed by atoms with Crippen molar-refractivity contribution in [2.45, 2.75) is 41.1 Å². The van der Waals surface area contributed by atoms with Crippen LogP contribution in [0.1, 0.15) is 20.8 Å². The Morgan fingerprint density at radius 3 is 1.44 bits per heavy atom. The van der Waals surface area contributed by atoms with Crippen LogP contribution in [0.5, 0.6) is 23.0 Å². The number of rotatable bonds is 7. The molecule has 6 aromatic rings. The molecule has 1 atom stereocenters. The van der Waals surface area contributed by atoms with E-state index in [0.717, 1.165) is 53.8 Å². The Kier molecular flexibility index (Phi) is 8.29. The lowest BCUT2D eigenvalue weighted by Crippen LogP contribution is -2.22. The van der Waals surface area contributed by atoms with Gasteiger partial charge < -0.3 is 20.1 Å². The largest absolute Gasteiger partial charge is 0.508 e. The molecule has 224 valence electrons. The summed E-state index contributed by atoms with van der Waals surface area (Å²) in [7, 11) is -0.528. The van der Waals surface area contributed by atoms with Crippen molar-refractivity contribution in [2.75, 3.05) is 0 Å². The molecule has 6 aromatic carbocycles. The van der Waals surface area contributed by atoms with E-state index in [1.807, 2.05) is 75.4 Å². The second-order valence-electron chi connectivity index (χ2n) is 11.8. The molecule has 0 aliphatic carbocycles. The molecular weight excluding hydrogens is 577 g/mol. The fraction of sp³-hybridized carbons (Fsp3) is 0.100. The van der Waals surface area contributed by atoms with Crippen LogP contribution in [0.4, 0.5) is 0 Å². The zero-order valence-corrected chi connectivity index (χ0v) is 26.3. The summed E-state index contributed by atoms with van der Waals surface area (Å²) in [6.07, 6.45) is 0. The van der Waals surface area contributed by atoms with Crippen molar-refractivity contribution < 1.29 is 20.1 Å². The molecule has 0 bridgehead atoms. The van der Waals surface area contributed by atoms with Crippen molar-refractivity contribution in [3.05, 3.63) is 140 Å². The molecule has 0 aliphatic heterocycles. The van der Waals surface area contributed by atoms with Gasteiger partial charge in [-0.15, -0.1) is 0 Å². The van der Waals surface area contributed by atoms with Crippen molar-refractivity contribution in [3.63, 3.8) is 0 Å². The molecule has 4 nitrogen and oxygen atoms in total. The summed E-state index contributed by atoms with van der Waals surface area (Å²) in [6.45, 7) is 6.12. The van der Waals surface area contributed by atoms with Crippen molar-refractivity contribution in [1.82, 2.24) is 0 Å². The van der Waals surface area contributed by atoms with E-state index in [4.69, 9.17) is 4.74 Å². The SMILES string of the molecule is CC(C)(C)Oc1ccc([S+](c2ccccc2)c2ccc(-c3ccc(O)cc3)c(-c3ccc(O)cc3)c2-c2ccc(O)cc2)cc1. The summed E-state index contributed by atoms with van der Waals surface area (Å²) in [5, 5.41) is 30.5. The van der Waals surface area contributed by atoms with Crippen LogP contribution in [0.3, 0.4) is 0 Å². The molecule has 6 rings (SSSR count). The van der Waals surface area contributed by atoms with Gasteiger partial charge in [0.25, 0.3) is 0 Å². The van der Waals surface area contributed by atoms with E-state index >= 15 is 0 Å². The quantitative estimate of drug-likeness (QED) is 0.157. The van der Waals surface area contributed by atoms with Crippen molar-refractivity contribution >= 4 is 10.9 Å². The minimum Gasteiger partial charge on any atom is -0.508 e. The molecule has 0 radical (unpaired) electrons. The molecule has 3 N–H and O–H groups in total. The van der Waals surface area contributed by atoms with Crippen LogP contribution in [0.2, 0.25) is 0 Å². The van der Waals surface area contributed by atoms with Crippen LogP contribution in [0.15, 0.2) is 154 Å². The summed E-state index contributed by atoms with van der Waals surface area (Å²) in [4.78, 5) is 3.41. The van der Waals surface area contributed by atoms with E-state index in [-0.39, 0.29) is 22.8 Å². The van der Waals surface area contributed by atoms with E-state index < -0.39 is 10.9 Å². The molecule has 1 unspecified atom stereocenters. The molecule has 0 aromatic heterocycles. The number of hydrogen-bond acceptors (Lipinski definition) is 4. The fourth-order valence-corrected chi connectivity index (χ4v) is 7.67. The third kappa shape index (κ3) is 6.69. The van der Waals surface area contributed by atoms with E-state index in [2.05, 4.69) is 48.5 Å². The molecule has 45 heavy (non-hydrogen) atoms. The average molecular weight is 612 g/mol. The maximum atomic E-state index is 10.3. The summed E-state index contributed by atoms with van der Waals surface area (Å²) in [5.41, 5.74) is 5.53. The summed E-state index contributed by atoms with van der Waals surface area (Å²) in [5.74, 6) is 1.39. The molecule has 0 aliphatic rings. The highest BCUT2D eigenvalue weighted by Gasteiger charge is 2.34. The first kappa shape index (κ1) is 29.9. The van der Waals surface area contributed by atoms with E-state index in [1.165, 1.54) is 0 Å². The van der Waals surface area contributed by atoms with Crippen LogP contribution in [0, 0.1) is 0 Å². The Morgan fingerprint density at radius 1 is 0.467 bits per heavy atom. The minimum atomic E-state index is -0.528. The van der Waals surface area contributed by atoms with Gasteiger partial charge in [-0.05, 0) is 128 Å². The molecule has 0 spiro atoms. The van der Waals surface area contributed by atoms with Gasteiger partial charge in [0.1, 0.15) is 28.6 Å². The Bertz CT molecular complexity index is 1890. The van der Waals surface area contributed by atoms with Crippen LogP contribution in [-0.2, 0) is 10.9 Å². The van der Waals surface area contributed by atoms with Crippen LogP contribution < -0.4 is 4.74 Å². The first-order valence-corrected chi connectivity index (χ1v) is 16.0. The van der Waals surface area contributed by atoms with Crippen molar-refractivity contribution in [2.24, 2.45) is 0 Å². The van der Waals surface area contributed by atoms with Gasteiger partial charge >= 0.3 is 0 Å². The van der Waals surface area contributed by atoms with Gasteiger partial charge in [0.2, 0.25) is 0 Å². The third-order valence-corrected chi connectivity index (χ3v) is 9.61. The number of phenols is 3. The summed E-state index contributed by atoms with van der Waals surface area (Å²) >= 11 is 0. The number of aromatic hydroxyl groups is 3. The molecule has 0 saturated carbocycles. The standard InChI is InChI=1S/C40H34O4S/c1-40(2,3)44-33-21-23-35(24-22-33)45(34-7-5-4-6-8-34)37-26-25-36(27-9-15-30(41)16-10-27)38(28-11-17-31(42)18-12-28)39(37)29-13-19-32(43)20-14-29/h4-26H,1-3H3,(H2-,41,42,43)/p+1. The van der Waals surface area contributed by atoms with Gasteiger partial charge in [-0.1, -0.05) is 54.6 Å². The number of hydrogen-bond donors (Lipinski definition) is 3. The maximum absolute atomic E-state index is 10.3. The van der Waals surface area contributed by atoms with Crippen LogP contribution >= 0.6 is 0 Å². The molecular formula is C40H35O4S+. The third-order valence-electron chi connectivity index (χ3n) is 7.34. The number of ether oxygens (including phenoxy) is 1. The Labute approximate surface area is 267 Å². The monoisotopic (exact) mass is 611 g/mol. The Balaban J connectivity index is 1.67. The zero-order chi connectivity index (χ0) is 31.6. The summed E-state index contributed by atoms with van der Waals surface area (Å²) in [6, 6.07) is 45.0. The lowest BCUT2D eigenvalue weighted by molar-refractivity contribution is 0.131. The van der Waals surface area contributed by atoms with Crippen LogP contribution in [0.25, 0.3) is 33.4 Å². The van der Waals surface area contributed by atoms with Crippen LogP contribution in [-0.4, -0.2) is 20.9 Å². The molecule has 5 heteroatoms. The lowest BCUT2D eigenvalue weighted by atomic mass is 9.87. The highest BCUT2D eigenvalue weighted by atomic mass is 32.2. The second-order valence-corrected chi connectivity index (χ2v) is 13.8. The summed E-state index contributed by atoms with van der Waals surface area (Å²) < 4.78 is 6.15. The highest BCUT2D eigenvalue weighted by molar-refractivity contribution is 7.97. The molecule has 0 saturated heterocycles. The van der Waals surface area contributed by atoms with Gasteiger partial charge in [-0.2, -0.15) is 0 Å². The topological polar surface area (TPSA) is 69.9 Å². The van der Waals surface area contributed by atoms with Gasteiger partial charge in [0.05, 0.1) is 10.9 Å². The Morgan fingerprint density at radius 2 is 0.933 bits per heavy atom. The lowest BCUT2D eigenvalue weighted by Gasteiger charge is -2.22. The first-order chi connectivity index (χ1) is 21.7. The smallest absolute Gasteiger partial charge is 0.175 e. The highest BCUT2D eigenvalue weighted by Crippen LogP contribution is 2.47. The van der Waals surface area contributed by atoms with Gasteiger partial charge in [0.15, 0.2) is 14.7 Å². The predicted molar refractivity (Wildman–Crippen MR) is 183 cm³/mol. The average Bonchev–Trinajstić information content (AvgIpc) is 3.03. The normalized spacial score (nSPS) is 12.1. The van der Waals surface area contributed by atoms with Gasteiger partial charge in [-0.25, -0.2) is 0 Å². The minimum absolute atomic E-state index is 0.189.